The van der Waals surface area contributed by atoms with Gasteiger partial charge in [0.05, 0.1) is 4.92 Å². The Morgan fingerprint density at radius 3 is 2.70 bits per heavy atom. The minimum atomic E-state index is -0.323. The first-order valence-electron chi connectivity index (χ1n) is 7.29. The average Bonchev–Trinajstić information content (AvgIpc) is 3.27. The van der Waals surface area contributed by atoms with E-state index in [1.807, 2.05) is 13.1 Å². The summed E-state index contributed by atoms with van der Waals surface area (Å²) in [5.41, 5.74) is 1.89. The van der Waals surface area contributed by atoms with Gasteiger partial charge in [0.1, 0.15) is 0 Å². The van der Waals surface area contributed by atoms with Gasteiger partial charge >= 0.3 is 0 Å². The van der Waals surface area contributed by atoms with Crippen molar-refractivity contribution in [3.63, 3.8) is 0 Å². The molecule has 1 aromatic carbocycles. The van der Waals surface area contributed by atoms with E-state index in [4.69, 9.17) is 0 Å². The number of nitrogens with zero attached hydrogens (tertiary/aromatic N) is 2. The van der Waals surface area contributed by atoms with Crippen molar-refractivity contribution in [2.75, 3.05) is 23.8 Å². The molecule has 0 spiro atoms. The van der Waals surface area contributed by atoms with Gasteiger partial charge in [-0.1, -0.05) is 6.92 Å². The fraction of sp³-hybridized carbons (Fsp3) is 0.600. The summed E-state index contributed by atoms with van der Waals surface area (Å²) in [7, 11) is 2.02. The van der Waals surface area contributed by atoms with E-state index in [0.717, 1.165) is 30.3 Å². The Balaban J connectivity index is 2.25. The smallest absolute Gasteiger partial charge is 0.273 e. The van der Waals surface area contributed by atoms with Crippen LogP contribution in [0.4, 0.5) is 17.1 Å². The quantitative estimate of drug-likeness (QED) is 0.610. The van der Waals surface area contributed by atoms with Crippen molar-refractivity contribution in [1.82, 2.24) is 0 Å². The minimum absolute atomic E-state index is 0.149. The molecule has 1 atom stereocenters. The van der Waals surface area contributed by atoms with E-state index in [1.54, 1.807) is 12.1 Å². The Morgan fingerprint density at radius 2 is 2.15 bits per heavy atom. The summed E-state index contributed by atoms with van der Waals surface area (Å²) in [6.07, 6.45) is 3.52. The summed E-state index contributed by atoms with van der Waals surface area (Å²) < 4.78 is 0. The third-order valence-corrected chi connectivity index (χ3v) is 4.01. The van der Waals surface area contributed by atoms with E-state index in [2.05, 4.69) is 24.1 Å². The van der Waals surface area contributed by atoms with Gasteiger partial charge in [0.25, 0.3) is 5.69 Å². The first-order chi connectivity index (χ1) is 9.52. The second-order valence-electron chi connectivity index (χ2n) is 5.61. The maximum Gasteiger partial charge on any atom is 0.273 e. The highest BCUT2D eigenvalue weighted by atomic mass is 16.6. The Morgan fingerprint density at radius 1 is 1.45 bits per heavy atom. The number of rotatable bonds is 7. The molecule has 0 heterocycles. The molecule has 2 rings (SSSR count). The summed E-state index contributed by atoms with van der Waals surface area (Å²) in [5, 5.41) is 14.3. The van der Waals surface area contributed by atoms with E-state index in [9.17, 15) is 10.1 Å². The summed E-state index contributed by atoms with van der Waals surface area (Å²) in [6.45, 7) is 5.09. The predicted octanol–water partition coefficient (Wildman–Crippen LogP) is 3.65. The number of nitro benzene ring substituents is 1. The standard InChI is InChI=1S/C15H23N3O2/c1-4-7-16-13-8-14(10-15(9-13)18(19)20)17(3)11(2)12-5-6-12/h8-12,16H,4-7H2,1-3H3. The van der Waals surface area contributed by atoms with Gasteiger partial charge in [-0.15, -0.1) is 0 Å². The zero-order valence-electron chi connectivity index (χ0n) is 12.4. The molecule has 0 radical (unpaired) electrons. The number of anilines is 2. The number of non-ortho nitro benzene ring substituents is 1. The zero-order valence-corrected chi connectivity index (χ0v) is 12.4. The molecule has 0 aromatic heterocycles. The topological polar surface area (TPSA) is 58.4 Å². The Labute approximate surface area is 120 Å². The van der Waals surface area contributed by atoms with Crippen LogP contribution >= 0.6 is 0 Å². The third kappa shape index (κ3) is 3.40. The third-order valence-electron chi connectivity index (χ3n) is 4.01. The Kier molecular flexibility index (Phi) is 4.47. The molecule has 5 nitrogen and oxygen atoms in total. The fourth-order valence-electron chi connectivity index (χ4n) is 2.41. The number of nitro groups is 1. The average molecular weight is 277 g/mol. The van der Waals surface area contributed by atoms with Crippen LogP contribution in [0.3, 0.4) is 0 Å². The van der Waals surface area contributed by atoms with Gasteiger partial charge < -0.3 is 10.2 Å². The molecule has 0 saturated heterocycles. The first kappa shape index (κ1) is 14.6. The molecule has 1 aliphatic rings. The SMILES string of the molecule is CCCNc1cc(N(C)C(C)C2CC2)cc([N+](=O)[O-])c1. The molecule has 110 valence electrons. The van der Waals surface area contributed by atoms with Crippen LogP contribution in [0.5, 0.6) is 0 Å². The highest BCUT2D eigenvalue weighted by Gasteiger charge is 2.31. The van der Waals surface area contributed by atoms with Crippen LogP contribution in [0.1, 0.15) is 33.1 Å². The molecule has 1 aromatic rings. The van der Waals surface area contributed by atoms with E-state index in [1.165, 1.54) is 12.8 Å². The Bertz CT molecular complexity index is 486. The molecule has 1 aliphatic carbocycles. The van der Waals surface area contributed by atoms with Gasteiger partial charge in [0.2, 0.25) is 0 Å². The molecule has 1 fully saturated rings. The summed E-state index contributed by atoms with van der Waals surface area (Å²) >= 11 is 0. The van der Waals surface area contributed by atoms with Gasteiger partial charge in [-0.2, -0.15) is 0 Å². The molecule has 0 aliphatic heterocycles. The van der Waals surface area contributed by atoms with Gasteiger partial charge in [-0.3, -0.25) is 10.1 Å². The van der Waals surface area contributed by atoms with E-state index >= 15 is 0 Å². The molecule has 0 amide bonds. The van der Waals surface area contributed by atoms with Crippen LogP contribution in [0, 0.1) is 16.0 Å². The molecular formula is C15H23N3O2. The fourth-order valence-corrected chi connectivity index (χ4v) is 2.41. The molecule has 5 heteroatoms. The maximum atomic E-state index is 11.1. The van der Waals surface area contributed by atoms with Gasteiger partial charge in [-0.25, -0.2) is 0 Å². The Hall–Kier alpha value is -1.78. The minimum Gasteiger partial charge on any atom is -0.385 e. The summed E-state index contributed by atoms with van der Waals surface area (Å²) in [6, 6.07) is 5.70. The lowest BCUT2D eigenvalue weighted by Gasteiger charge is -2.27. The highest BCUT2D eigenvalue weighted by Crippen LogP contribution is 2.37. The van der Waals surface area contributed by atoms with Crippen molar-refractivity contribution in [1.29, 1.82) is 0 Å². The van der Waals surface area contributed by atoms with Crippen molar-refractivity contribution in [3.8, 4) is 0 Å². The zero-order chi connectivity index (χ0) is 14.7. The van der Waals surface area contributed by atoms with Gasteiger partial charge in [-0.05, 0) is 38.2 Å². The highest BCUT2D eigenvalue weighted by molar-refractivity contribution is 5.64. The van der Waals surface area contributed by atoms with Crippen LogP contribution in [-0.4, -0.2) is 24.6 Å². The molecule has 1 unspecified atom stereocenters. The molecule has 20 heavy (non-hydrogen) atoms. The largest absolute Gasteiger partial charge is 0.385 e. The number of nitrogens with one attached hydrogen (secondary N) is 1. The second kappa shape index (κ2) is 6.11. The van der Waals surface area contributed by atoms with Crippen molar-refractivity contribution in [3.05, 3.63) is 28.3 Å². The van der Waals surface area contributed by atoms with E-state index in [-0.39, 0.29) is 10.6 Å². The van der Waals surface area contributed by atoms with Crippen LogP contribution < -0.4 is 10.2 Å². The maximum absolute atomic E-state index is 11.1. The van der Waals surface area contributed by atoms with Crippen molar-refractivity contribution < 1.29 is 4.92 Å². The monoisotopic (exact) mass is 277 g/mol. The van der Waals surface area contributed by atoms with E-state index < -0.39 is 0 Å². The lowest BCUT2D eigenvalue weighted by molar-refractivity contribution is -0.384. The lowest BCUT2D eigenvalue weighted by Crippen LogP contribution is -2.30. The van der Waals surface area contributed by atoms with Crippen LogP contribution in [0.15, 0.2) is 18.2 Å². The summed E-state index contributed by atoms with van der Waals surface area (Å²) in [4.78, 5) is 12.9. The van der Waals surface area contributed by atoms with E-state index in [0.29, 0.717) is 6.04 Å². The lowest BCUT2D eigenvalue weighted by atomic mass is 10.1. The van der Waals surface area contributed by atoms with Crippen molar-refractivity contribution >= 4 is 17.1 Å². The second-order valence-corrected chi connectivity index (χ2v) is 5.61. The van der Waals surface area contributed by atoms with Crippen LogP contribution in [-0.2, 0) is 0 Å². The molecule has 1 saturated carbocycles. The molecule has 0 bridgehead atoms. The number of benzene rings is 1. The number of hydrogen-bond donors (Lipinski definition) is 1. The predicted molar refractivity (Wildman–Crippen MR) is 82.5 cm³/mol. The molecular weight excluding hydrogens is 254 g/mol. The van der Waals surface area contributed by atoms with Crippen molar-refractivity contribution in [2.24, 2.45) is 5.92 Å². The van der Waals surface area contributed by atoms with Crippen LogP contribution in [0.25, 0.3) is 0 Å². The van der Waals surface area contributed by atoms with Gasteiger partial charge in [0.15, 0.2) is 0 Å². The van der Waals surface area contributed by atoms with Crippen molar-refractivity contribution in [2.45, 2.75) is 39.2 Å². The summed E-state index contributed by atoms with van der Waals surface area (Å²) in [5.74, 6) is 0.728. The van der Waals surface area contributed by atoms with Crippen LogP contribution in [0.2, 0.25) is 0 Å². The first-order valence-corrected chi connectivity index (χ1v) is 7.29. The number of hydrogen-bond acceptors (Lipinski definition) is 4. The van der Waals surface area contributed by atoms with Gasteiger partial charge in [0, 0.05) is 43.1 Å². The molecule has 1 N–H and O–H groups in total. The normalized spacial score (nSPS) is 15.8.